The number of carbonyl (C=O) groups is 1. The normalized spacial score (nSPS) is 10.4. The van der Waals surface area contributed by atoms with Crippen LogP contribution in [0.4, 0.5) is 5.69 Å². The molecular formula is C19H18N2O2S2. The second-order valence-corrected chi connectivity index (χ2v) is 6.87. The van der Waals surface area contributed by atoms with E-state index in [9.17, 15) is 4.79 Å². The minimum Gasteiger partial charge on any atom is -0.465 e. The number of methoxy groups -OCH3 is 1. The molecule has 3 rings (SSSR count). The van der Waals surface area contributed by atoms with Gasteiger partial charge in [0.05, 0.1) is 12.8 Å². The van der Waals surface area contributed by atoms with Crippen LogP contribution in [0.25, 0.3) is 10.1 Å². The molecule has 2 N–H and O–H groups in total. The Morgan fingerprint density at radius 2 is 1.84 bits per heavy atom. The Hall–Kier alpha value is -2.44. The average molecular weight is 370 g/mol. The second-order valence-electron chi connectivity index (χ2n) is 5.41. The molecule has 0 amide bonds. The maximum atomic E-state index is 12.1. The Morgan fingerprint density at radius 3 is 2.60 bits per heavy atom. The van der Waals surface area contributed by atoms with Crippen LogP contribution < -0.4 is 10.6 Å². The highest BCUT2D eigenvalue weighted by Crippen LogP contribution is 2.36. The molecule has 0 aliphatic rings. The number of anilines is 1. The zero-order valence-corrected chi connectivity index (χ0v) is 15.4. The summed E-state index contributed by atoms with van der Waals surface area (Å²) in [5, 5.41) is 7.80. The molecular weight excluding hydrogens is 352 g/mol. The number of nitrogens with one attached hydrogen (secondary N) is 2. The molecule has 0 fully saturated rings. The van der Waals surface area contributed by atoms with Crippen molar-refractivity contribution in [3.05, 3.63) is 65.0 Å². The summed E-state index contributed by atoms with van der Waals surface area (Å²) in [5.41, 5.74) is 1.94. The molecule has 0 radical (unpaired) electrons. The predicted octanol–water partition coefficient (Wildman–Crippen LogP) is 4.22. The zero-order chi connectivity index (χ0) is 17.6. The molecule has 1 aromatic heterocycles. The van der Waals surface area contributed by atoms with E-state index in [1.165, 1.54) is 24.0 Å². The van der Waals surface area contributed by atoms with Gasteiger partial charge in [-0.3, -0.25) is 0 Å². The number of benzene rings is 2. The fourth-order valence-electron chi connectivity index (χ4n) is 2.53. The zero-order valence-electron chi connectivity index (χ0n) is 13.7. The lowest BCUT2D eigenvalue weighted by Crippen LogP contribution is -2.30. The van der Waals surface area contributed by atoms with Crippen molar-refractivity contribution in [2.45, 2.75) is 6.42 Å². The van der Waals surface area contributed by atoms with Crippen molar-refractivity contribution in [3.63, 3.8) is 0 Å². The molecule has 0 aliphatic carbocycles. The third-order valence-electron chi connectivity index (χ3n) is 3.75. The molecule has 6 heteroatoms. The summed E-state index contributed by atoms with van der Waals surface area (Å²) in [4.78, 5) is 12.6. The number of thiophene rings is 1. The van der Waals surface area contributed by atoms with E-state index in [2.05, 4.69) is 22.8 Å². The van der Waals surface area contributed by atoms with Crippen molar-refractivity contribution in [3.8, 4) is 0 Å². The van der Waals surface area contributed by atoms with Crippen molar-refractivity contribution in [1.29, 1.82) is 0 Å². The molecule has 0 unspecified atom stereocenters. The lowest BCUT2D eigenvalue weighted by molar-refractivity contribution is 0.0607. The molecule has 2 aromatic carbocycles. The molecule has 0 aliphatic heterocycles. The average Bonchev–Trinajstić information content (AvgIpc) is 3.00. The molecule has 128 valence electrons. The molecule has 3 aromatic rings. The Labute approximate surface area is 155 Å². The molecule has 0 saturated heterocycles. The first-order valence-corrected chi connectivity index (χ1v) is 9.10. The predicted molar refractivity (Wildman–Crippen MR) is 108 cm³/mol. The summed E-state index contributed by atoms with van der Waals surface area (Å²) in [6.45, 7) is 0.714. The largest absolute Gasteiger partial charge is 0.465 e. The van der Waals surface area contributed by atoms with Crippen LogP contribution in [0.2, 0.25) is 0 Å². The highest BCUT2D eigenvalue weighted by atomic mass is 32.1. The van der Waals surface area contributed by atoms with Crippen molar-refractivity contribution in [2.75, 3.05) is 19.0 Å². The summed E-state index contributed by atoms with van der Waals surface area (Å²) < 4.78 is 5.91. The van der Waals surface area contributed by atoms with Gasteiger partial charge in [0.2, 0.25) is 0 Å². The lowest BCUT2D eigenvalue weighted by atomic mass is 10.1. The standard InChI is InChI=1S/C19H18N2O2S2/c1-23-18(22)17-16(14-9-5-6-10-15(14)25-17)21-19(24)20-12-11-13-7-3-2-4-8-13/h2-10H,11-12H2,1H3,(H2,20,21,24). The molecule has 0 saturated carbocycles. The topological polar surface area (TPSA) is 50.4 Å². The van der Waals surface area contributed by atoms with E-state index in [1.807, 2.05) is 42.5 Å². The SMILES string of the molecule is COC(=O)c1sc2ccccc2c1NC(=S)NCCc1ccccc1. The van der Waals surface area contributed by atoms with Crippen LogP contribution in [0.15, 0.2) is 54.6 Å². The first kappa shape index (κ1) is 17.4. The highest BCUT2D eigenvalue weighted by Gasteiger charge is 2.19. The van der Waals surface area contributed by atoms with Crippen LogP contribution in [-0.4, -0.2) is 24.7 Å². The summed E-state index contributed by atoms with van der Waals surface area (Å²) in [5.74, 6) is -0.365. The lowest BCUT2D eigenvalue weighted by Gasteiger charge is -2.11. The Morgan fingerprint density at radius 1 is 1.12 bits per heavy atom. The van der Waals surface area contributed by atoms with Gasteiger partial charge in [-0.1, -0.05) is 48.5 Å². The van der Waals surface area contributed by atoms with Crippen molar-refractivity contribution >= 4 is 50.4 Å². The smallest absolute Gasteiger partial charge is 0.350 e. The molecule has 0 atom stereocenters. The third-order valence-corrected chi connectivity index (χ3v) is 5.14. The van der Waals surface area contributed by atoms with Crippen LogP contribution in [0.3, 0.4) is 0 Å². The second kappa shape index (κ2) is 8.09. The van der Waals surface area contributed by atoms with Gasteiger partial charge in [-0.2, -0.15) is 0 Å². The molecule has 0 bridgehead atoms. The van der Waals surface area contributed by atoms with Crippen LogP contribution in [0, 0.1) is 0 Å². The molecule has 1 heterocycles. The van der Waals surface area contributed by atoms with Gasteiger partial charge in [0, 0.05) is 16.6 Å². The van der Waals surface area contributed by atoms with Gasteiger partial charge in [0.1, 0.15) is 4.88 Å². The quantitative estimate of drug-likeness (QED) is 0.520. The van der Waals surface area contributed by atoms with E-state index >= 15 is 0 Å². The summed E-state index contributed by atoms with van der Waals surface area (Å²) in [7, 11) is 1.38. The number of thiocarbonyl (C=S) groups is 1. The fourth-order valence-corrected chi connectivity index (χ4v) is 3.81. The van der Waals surface area contributed by atoms with Crippen molar-refractivity contribution in [2.24, 2.45) is 0 Å². The number of hydrogen-bond donors (Lipinski definition) is 2. The molecule has 4 nitrogen and oxygen atoms in total. The number of esters is 1. The van der Waals surface area contributed by atoms with Crippen LogP contribution >= 0.6 is 23.6 Å². The van der Waals surface area contributed by atoms with Crippen molar-refractivity contribution < 1.29 is 9.53 Å². The van der Waals surface area contributed by atoms with Crippen molar-refractivity contribution in [1.82, 2.24) is 5.32 Å². The monoisotopic (exact) mass is 370 g/mol. The number of hydrogen-bond acceptors (Lipinski definition) is 4. The Balaban J connectivity index is 1.71. The summed E-state index contributed by atoms with van der Waals surface area (Å²) in [6.07, 6.45) is 0.872. The maximum Gasteiger partial charge on any atom is 0.350 e. The number of ether oxygens (including phenoxy) is 1. The molecule has 25 heavy (non-hydrogen) atoms. The Bertz CT molecular complexity index is 891. The van der Waals surface area contributed by atoms with Gasteiger partial charge in [-0.05, 0) is 30.3 Å². The minimum absolute atomic E-state index is 0.365. The van der Waals surface area contributed by atoms with Gasteiger partial charge < -0.3 is 15.4 Å². The van der Waals surface area contributed by atoms with Gasteiger partial charge in [0.25, 0.3) is 0 Å². The van der Waals surface area contributed by atoms with E-state index in [4.69, 9.17) is 17.0 Å². The highest BCUT2D eigenvalue weighted by molar-refractivity contribution is 7.80. The van der Waals surface area contributed by atoms with Crippen LogP contribution in [-0.2, 0) is 11.2 Å². The number of fused-ring (bicyclic) bond motifs is 1. The van der Waals surface area contributed by atoms with Crippen LogP contribution in [0.1, 0.15) is 15.2 Å². The Kier molecular flexibility index (Phi) is 5.63. The van der Waals surface area contributed by atoms with E-state index in [-0.39, 0.29) is 5.97 Å². The first-order chi connectivity index (χ1) is 12.2. The molecule has 0 spiro atoms. The minimum atomic E-state index is -0.365. The van der Waals surface area contributed by atoms with Crippen LogP contribution in [0.5, 0.6) is 0 Å². The van der Waals surface area contributed by atoms with Gasteiger partial charge >= 0.3 is 5.97 Å². The fraction of sp³-hybridized carbons (Fsp3) is 0.158. The maximum absolute atomic E-state index is 12.1. The number of carbonyl (C=O) groups excluding carboxylic acids is 1. The summed E-state index contributed by atoms with van der Waals surface area (Å²) >= 11 is 6.79. The first-order valence-electron chi connectivity index (χ1n) is 7.87. The van der Waals surface area contributed by atoms with E-state index in [1.54, 1.807) is 0 Å². The van der Waals surface area contributed by atoms with Gasteiger partial charge in [-0.15, -0.1) is 11.3 Å². The van der Waals surface area contributed by atoms with E-state index in [0.717, 1.165) is 16.5 Å². The van der Waals surface area contributed by atoms with Gasteiger partial charge in [0.15, 0.2) is 5.11 Å². The van der Waals surface area contributed by atoms with E-state index < -0.39 is 0 Å². The third kappa shape index (κ3) is 4.15. The van der Waals surface area contributed by atoms with Gasteiger partial charge in [-0.25, -0.2) is 4.79 Å². The number of rotatable bonds is 5. The summed E-state index contributed by atoms with van der Waals surface area (Å²) in [6, 6.07) is 18.0. The van der Waals surface area contributed by atoms with E-state index in [0.29, 0.717) is 22.2 Å².